The van der Waals surface area contributed by atoms with E-state index in [1.807, 2.05) is 0 Å². The lowest BCUT2D eigenvalue weighted by atomic mass is 9.69. The van der Waals surface area contributed by atoms with E-state index < -0.39 is 5.41 Å². The maximum absolute atomic E-state index is 2.43. The molecule has 3 aliphatic carbocycles. The summed E-state index contributed by atoms with van der Waals surface area (Å²) < 4.78 is 0. The Bertz CT molecular complexity index is 3030. The number of nitrogens with zero attached hydrogens (tertiary/aromatic N) is 1. The normalized spacial score (nSPS) is 14.7. The molecule has 9 aromatic carbocycles. The molecule has 0 atom stereocenters. The van der Waals surface area contributed by atoms with Crippen LogP contribution < -0.4 is 4.90 Å². The molecule has 9 aromatic rings. The molecule has 1 nitrogen and oxygen atoms in total. The predicted octanol–water partition coefficient (Wildman–Crippen LogP) is 14.1. The first-order chi connectivity index (χ1) is 27.0. The second-order valence-electron chi connectivity index (χ2n) is 16.0. The van der Waals surface area contributed by atoms with Gasteiger partial charge in [0.15, 0.2) is 0 Å². The fourth-order valence-electron chi connectivity index (χ4n) is 10.7. The van der Waals surface area contributed by atoms with E-state index in [2.05, 4.69) is 207 Å². The van der Waals surface area contributed by atoms with Crippen LogP contribution in [0.4, 0.5) is 17.1 Å². The number of hydrogen-bond donors (Lipinski definition) is 0. The van der Waals surface area contributed by atoms with Gasteiger partial charge in [0, 0.05) is 22.5 Å². The summed E-state index contributed by atoms with van der Waals surface area (Å²) in [5, 5.41) is 5.13. The highest BCUT2D eigenvalue weighted by atomic mass is 15.1. The first-order valence-electron chi connectivity index (χ1n) is 19.4. The van der Waals surface area contributed by atoms with Crippen LogP contribution >= 0.6 is 0 Å². The summed E-state index contributed by atoms with van der Waals surface area (Å²) in [4.78, 5) is 2.43. The Labute approximate surface area is 321 Å². The molecule has 55 heavy (non-hydrogen) atoms. The third-order valence-electron chi connectivity index (χ3n) is 13.0. The van der Waals surface area contributed by atoms with Crippen LogP contribution in [0.1, 0.15) is 47.2 Å². The number of rotatable bonds is 3. The second-order valence-corrected chi connectivity index (χ2v) is 16.0. The molecule has 0 heterocycles. The molecular formula is C54H37N. The quantitative estimate of drug-likeness (QED) is 0.177. The zero-order valence-corrected chi connectivity index (χ0v) is 30.8. The van der Waals surface area contributed by atoms with Gasteiger partial charge in [-0.3, -0.25) is 0 Å². The molecule has 0 aromatic heterocycles. The van der Waals surface area contributed by atoms with Crippen molar-refractivity contribution in [2.45, 2.75) is 24.7 Å². The summed E-state index contributed by atoms with van der Waals surface area (Å²) in [6.45, 7) is 4.72. The molecule has 0 bridgehead atoms. The van der Waals surface area contributed by atoms with Crippen LogP contribution in [0.15, 0.2) is 188 Å². The highest BCUT2D eigenvalue weighted by Crippen LogP contribution is 2.65. The van der Waals surface area contributed by atoms with Crippen LogP contribution in [-0.4, -0.2) is 0 Å². The minimum Gasteiger partial charge on any atom is -0.310 e. The zero-order valence-electron chi connectivity index (χ0n) is 30.8. The number of hydrogen-bond acceptors (Lipinski definition) is 1. The van der Waals surface area contributed by atoms with Gasteiger partial charge in [0.2, 0.25) is 0 Å². The first kappa shape index (κ1) is 30.7. The van der Waals surface area contributed by atoms with Gasteiger partial charge >= 0.3 is 0 Å². The van der Waals surface area contributed by atoms with Gasteiger partial charge in [0.25, 0.3) is 0 Å². The fourth-order valence-corrected chi connectivity index (χ4v) is 10.7. The van der Waals surface area contributed by atoms with E-state index in [0.717, 1.165) is 11.4 Å². The Hall–Kier alpha value is -6.70. The smallest absolute Gasteiger partial charge is 0.0731 e. The van der Waals surface area contributed by atoms with Crippen LogP contribution in [0.2, 0.25) is 0 Å². The predicted molar refractivity (Wildman–Crippen MR) is 230 cm³/mol. The fraction of sp³-hybridized carbons (Fsp3) is 0.0741. The van der Waals surface area contributed by atoms with Crippen molar-refractivity contribution in [3.63, 3.8) is 0 Å². The summed E-state index contributed by atoms with van der Waals surface area (Å²) in [5.41, 5.74) is 19.2. The minimum absolute atomic E-state index is 0.0877. The van der Waals surface area contributed by atoms with Gasteiger partial charge in [0.05, 0.1) is 5.41 Å². The van der Waals surface area contributed by atoms with E-state index in [1.54, 1.807) is 0 Å². The van der Waals surface area contributed by atoms with Crippen molar-refractivity contribution in [3.05, 3.63) is 221 Å². The third-order valence-corrected chi connectivity index (χ3v) is 13.0. The lowest BCUT2D eigenvalue weighted by molar-refractivity contribution is 0.660. The van der Waals surface area contributed by atoms with E-state index in [9.17, 15) is 0 Å². The number of para-hydroxylation sites is 1. The van der Waals surface area contributed by atoms with Crippen molar-refractivity contribution in [2.75, 3.05) is 4.90 Å². The summed E-state index contributed by atoms with van der Waals surface area (Å²) in [6.07, 6.45) is 0. The molecule has 12 rings (SSSR count). The Morgan fingerprint density at radius 3 is 1.67 bits per heavy atom. The summed E-state index contributed by atoms with van der Waals surface area (Å²) in [6, 6.07) is 70.6. The molecule has 258 valence electrons. The standard InChI is InChI=1S/C54H37N/c1-53(2)46-21-11-8-18-41(46)44-30-27-38(33-50(44)53)55(36-15-4-3-5-16-36)37-26-29-40-35(32-37)24-28-45-51-39-17-7-6-14-34(39)25-31-49(51)54(52(40)45)47-22-12-9-19-42(47)43-20-10-13-23-48(43)54/h3-33H,1-2H3. The molecule has 0 amide bonds. The van der Waals surface area contributed by atoms with Crippen molar-refractivity contribution in [3.8, 4) is 33.4 Å². The monoisotopic (exact) mass is 699 g/mol. The van der Waals surface area contributed by atoms with E-state index >= 15 is 0 Å². The van der Waals surface area contributed by atoms with Crippen LogP contribution in [0.25, 0.3) is 54.9 Å². The van der Waals surface area contributed by atoms with Gasteiger partial charge < -0.3 is 4.90 Å². The van der Waals surface area contributed by atoms with Crippen molar-refractivity contribution >= 4 is 38.6 Å². The second kappa shape index (κ2) is 10.9. The topological polar surface area (TPSA) is 3.24 Å². The molecule has 0 fully saturated rings. The molecule has 0 saturated carbocycles. The van der Waals surface area contributed by atoms with E-state index in [0.29, 0.717) is 0 Å². The highest BCUT2D eigenvalue weighted by molar-refractivity contribution is 6.11. The number of benzene rings is 9. The van der Waals surface area contributed by atoms with Gasteiger partial charge in [-0.05, 0) is 125 Å². The molecule has 0 unspecified atom stereocenters. The molecule has 1 heteroatoms. The Kier molecular flexibility index (Phi) is 6.11. The zero-order chi connectivity index (χ0) is 36.5. The highest BCUT2D eigenvalue weighted by Gasteiger charge is 2.52. The van der Waals surface area contributed by atoms with E-state index in [1.165, 1.54) is 94.0 Å². The van der Waals surface area contributed by atoms with Crippen LogP contribution in [0.5, 0.6) is 0 Å². The van der Waals surface area contributed by atoms with E-state index in [4.69, 9.17) is 0 Å². The average Bonchev–Trinajstić information content (AvgIpc) is 3.80. The molecule has 0 aliphatic heterocycles. The average molecular weight is 700 g/mol. The number of anilines is 3. The first-order valence-corrected chi connectivity index (χ1v) is 19.4. The number of fused-ring (bicyclic) bond motifs is 17. The van der Waals surface area contributed by atoms with Crippen LogP contribution in [-0.2, 0) is 10.8 Å². The SMILES string of the molecule is CC1(C)c2ccccc2-c2ccc(N(c3ccccc3)c3ccc4c5c(ccc4c3)-c3c(ccc4ccccc34)C53c4ccccc4-c4ccccc43)cc21. The van der Waals surface area contributed by atoms with Gasteiger partial charge in [-0.25, -0.2) is 0 Å². The molecule has 1 spiro atoms. The maximum atomic E-state index is 2.43. The van der Waals surface area contributed by atoms with Crippen molar-refractivity contribution in [2.24, 2.45) is 0 Å². The van der Waals surface area contributed by atoms with Crippen molar-refractivity contribution in [1.82, 2.24) is 0 Å². The van der Waals surface area contributed by atoms with E-state index in [-0.39, 0.29) is 5.41 Å². The molecular weight excluding hydrogens is 663 g/mol. The Balaban J connectivity index is 1.12. The van der Waals surface area contributed by atoms with Crippen molar-refractivity contribution in [1.29, 1.82) is 0 Å². The van der Waals surface area contributed by atoms with Gasteiger partial charge in [-0.15, -0.1) is 0 Å². The van der Waals surface area contributed by atoms with Gasteiger partial charge in [-0.1, -0.05) is 166 Å². The molecule has 0 saturated heterocycles. The van der Waals surface area contributed by atoms with Crippen molar-refractivity contribution < 1.29 is 0 Å². The van der Waals surface area contributed by atoms with Crippen LogP contribution in [0.3, 0.4) is 0 Å². The summed E-state index contributed by atoms with van der Waals surface area (Å²) in [7, 11) is 0. The van der Waals surface area contributed by atoms with Gasteiger partial charge in [0.1, 0.15) is 0 Å². The maximum Gasteiger partial charge on any atom is 0.0731 e. The largest absolute Gasteiger partial charge is 0.310 e. The molecule has 3 aliphatic rings. The van der Waals surface area contributed by atoms with Crippen LogP contribution in [0, 0.1) is 0 Å². The third kappa shape index (κ3) is 3.92. The lowest BCUT2D eigenvalue weighted by Crippen LogP contribution is -2.26. The summed E-state index contributed by atoms with van der Waals surface area (Å²) in [5.74, 6) is 0. The summed E-state index contributed by atoms with van der Waals surface area (Å²) >= 11 is 0. The molecule has 0 radical (unpaired) electrons. The Morgan fingerprint density at radius 2 is 0.909 bits per heavy atom. The lowest BCUT2D eigenvalue weighted by Gasteiger charge is -2.32. The molecule has 0 N–H and O–H groups in total. The van der Waals surface area contributed by atoms with Gasteiger partial charge in [-0.2, -0.15) is 0 Å². The minimum atomic E-state index is -0.428. The Morgan fingerprint density at radius 1 is 0.345 bits per heavy atom.